The van der Waals surface area contributed by atoms with E-state index in [1.165, 1.54) is 30.7 Å². The molecule has 0 aliphatic rings. The highest BCUT2D eigenvalue weighted by Gasteiger charge is 2.30. The van der Waals surface area contributed by atoms with E-state index in [1.807, 2.05) is 0 Å². The molecule has 16 heavy (non-hydrogen) atoms. The molecule has 1 rings (SSSR count). The minimum Gasteiger partial charge on any atom is -0.457 e. The molecule has 0 spiro atoms. The number of benzene rings is 1. The third-order valence-corrected chi connectivity index (χ3v) is 1.71. The molecular formula is C10H8F3O3. The second-order valence-corrected chi connectivity index (χ2v) is 2.87. The van der Waals surface area contributed by atoms with Crippen LogP contribution in [0.1, 0.15) is 5.56 Å². The highest BCUT2D eigenvalue weighted by Crippen LogP contribution is 2.22. The molecule has 0 N–H and O–H groups in total. The van der Waals surface area contributed by atoms with Crippen molar-refractivity contribution < 1.29 is 27.4 Å². The van der Waals surface area contributed by atoms with Crippen LogP contribution in [0.3, 0.4) is 0 Å². The van der Waals surface area contributed by atoms with Crippen molar-refractivity contribution in [3.8, 4) is 5.75 Å². The average Bonchev–Trinajstić information content (AvgIpc) is 2.19. The van der Waals surface area contributed by atoms with Crippen molar-refractivity contribution in [2.75, 3.05) is 6.61 Å². The van der Waals surface area contributed by atoms with Crippen molar-refractivity contribution in [2.24, 2.45) is 0 Å². The van der Waals surface area contributed by atoms with Gasteiger partial charge in [0, 0.05) is 6.42 Å². The number of ether oxygens (including phenoxy) is 2. The fourth-order valence-electron chi connectivity index (χ4n) is 1.07. The summed E-state index contributed by atoms with van der Waals surface area (Å²) < 4.78 is 43.4. The van der Waals surface area contributed by atoms with Gasteiger partial charge >= 0.3 is 12.8 Å². The zero-order chi connectivity index (χ0) is 12.0. The first kappa shape index (κ1) is 12.4. The minimum atomic E-state index is -4.68. The summed E-state index contributed by atoms with van der Waals surface area (Å²) in [4.78, 5) is 9.71. The third-order valence-electron chi connectivity index (χ3n) is 1.71. The Morgan fingerprint density at radius 3 is 2.31 bits per heavy atom. The lowest BCUT2D eigenvalue weighted by atomic mass is 10.1. The quantitative estimate of drug-likeness (QED) is 0.731. The van der Waals surface area contributed by atoms with Gasteiger partial charge in [0.05, 0.1) is 6.61 Å². The second-order valence-electron chi connectivity index (χ2n) is 2.87. The summed E-state index contributed by atoms with van der Waals surface area (Å²) in [6, 6.07) is 5.34. The lowest BCUT2D eigenvalue weighted by molar-refractivity contribution is -0.274. The van der Waals surface area contributed by atoms with Crippen LogP contribution in [0.4, 0.5) is 13.2 Å². The molecule has 0 aliphatic heterocycles. The van der Waals surface area contributed by atoms with E-state index >= 15 is 0 Å². The molecule has 0 aromatic heterocycles. The Labute approximate surface area is 89.8 Å². The number of hydrogen-bond acceptors (Lipinski definition) is 3. The molecule has 6 heteroatoms. The summed E-state index contributed by atoms with van der Waals surface area (Å²) in [5, 5.41) is 0. The Kier molecular flexibility index (Phi) is 4.16. The van der Waals surface area contributed by atoms with E-state index in [9.17, 15) is 18.0 Å². The van der Waals surface area contributed by atoms with E-state index < -0.39 is 6.36 Å². The van der Waals surface area contributed by atoms with Gasteiger partial charge in [-0.2, -0.15) is 0 Å². The molecule has 0 unspecified atom stereocenters. The maximum atomic E-state index is 11.8. The Morgan fingerprint density at radius 2 is 1.81 bits per heavy atom. The van der Waals surface area contributed by atoms with E-state index in [0.717, 1.165) is 5.56 Å². The molecule has 87 valence electrons. The van der Waals surface area contributed by atoms with Gasteiger partial charge in [-0.15, -0.1) is 13.2 Å². The van der Waals surface area contributed by atoms with Crippen molar-refractivity contribution >= 4 is 6.47 Å². The van der Waals surface area contributed by atoms with Crippen molar-refractivity contribution in [2.45, 2.75) is 12.8 Å². The van der Waals surface area contributed by atoms with Crippen LogP contribution in [0.25, 0.3) is 0 Å². The molecule has 3 nitrogen and oxygen atoms in total. The highest BCUT2D eigenvalue weighted by atomic mass is 19.4. The van der Waals surface area contributed by atoms with Gasteiger partial charge in [0.25, 0.3) is 0 Å². The van der Waals surface area contributed by atoms with E-state index in [2.05, 4.69) is 9.47 Å². The van der Waals surface area contributed by atoms with Gasteiger partial charge in [0.15, 0.2) is 0 Å². The standard InChI is InChI=1S/C10H8F3O3/c11-10(12,13)16-9-3-1-8(2-4-9)5-6-15-7-14/h1-4H,5-6H2. The summed E-state index contributed by atoms with van der Waals surface area (Å²) in [5.41, 5.74) is 0.741. The molecule has 0 bridgehead atoms. The lowest BCUT2D eigenvalue weighted by Crippen LogP contribution is -2.17. The molecule has 1 radical (unpaired) electrons. The summed E-state index contributed by atoms with van der Waals surface area (Å²) in [5.74, 6) is -0.279. The smallest absolute Gasteiger partial charge is 0.457 e. The van der Waals surface area contributed by atoms with Crippen LogP contribution in [-0.2, 0) is 16.0 Å². The zero-order valence-electron chi connectivity index (χ0n) is 8.08. The van der Waals surface area contributed by atoms with Crippen molar-refractivity contribution in [1.29, 1.82) is 0 Å². The van der Waals surface area contributed by atoms with Gasteiger partial charge in [-0.1, -0.05) is 12.1 Å². The van der Waals surface area contributed by atoms with Gasteiger partial charge in [-0.05, 0) is 17.7 Å². The predicted octanol–water partition coefficient (Wildman–Crippen LogP) is 2.21. The first-order chi connectivity index (χ1) is 7.51. The number of alkyl halides is 3. The molecular weight excluding hydrogens is 225 g/mol. The second kappa shape index (κ2) is 5.39. The van der Waals surface area contributed by atoms with E-state index in [-0.39, 0.29) is 12.4 Å². The number of carbonyl (C=O) groups excluding carboxylic acids is 1. The molecule has 0 fully saturated rings. The molecule has 0 saturated heterocycles. The largest absolute Gasteiger partial charge is 0.573 e. The summed E-state index contributed by atoms with van der Waals surface area (Å²) in [7, 11) is 0. The minimum absolute atomic E-state index is 0.142. The highest BCUT2D eigenvalue weighted by molar-refractivity contribution is 5.38. The van der Waals surface area contributed by atoms with Crippen molar-refractivity contribution in [1.82, 2.24) is 0 Å². The van der Waals surface area contributed by atoms with Gasteiger partial charge in [0.1, 0.15) is 5.75 Å². The number of halogens is 3. The van der Waals surface area contributed by atoms with Gasteiger partial charge in [-0.25, -0.2) is 4.79 Å². The Morgan fingerprint density at radius 1 is 1.19 bits per heavy atom. The van der Waals surface area contributed by atoms with Crippen LogP contribution in [0.15, 0.2) is 24.3 Å². The van der Waals surface area contributed by atoms with Crippen LogP contribution in [0, 0.1) is 0 Å². The molecule has 1 aromatic rings. The maximum Gasteiger partial charge on any atom is 0.573 e. The molecule has 0 aliphatic carbocycles. The average molecular weight is 233 g/mol. The van der Waals surface area contributed by atoms with Crippen LogP contribution < -0.4 is 4.74 Å². The Bertz CT molecular complexity index is 332. The molecule has 0 amide bonds. The summed E-state index contributed by atoms with van der Waals surface area (Å²) in [6.45, 7) is 1.40. The van der Waals surface area contributed by atoms with E-state index in [1.54, 1.807) is 0 Å². The van der Waals surface area contributed by atoms with Gasteiger partial charge in [0.2, 0.25) is 0 Å². The normalized spacial score (nSPS) is 10.9. The first-order valence-electron chi connectivity index (χ1n) is 4.35. The Hall–Kier alpha value is -1.72. The number of rotatable bonds is 5. The SMILES string of the molecule is O=[C]OCCc1ccc(OC(F)(F)F)cc1. The molecule has 1 aromatic carbocycles. The van der Waals surface area contributed by atoms with E-state index in [4.69, 9.17) is 0 Å². The summed E-state index contributed by atoms with van der Waals surface area (Å²) in [6.07, 6.45) is -4.27. The number of hydrogen-bond donors (Lipinski definition) is 0. The van der Waals surface area contributed by atoms with Crippen LogP contribution in [-0.4, -0.2) is 19.4 Å². The molecule has 0 atom stereocenters. The van der Waals surface area contributed by atoms with Crippen LogP contribution >= 0.6 is 0 Å². The van der Waals surface area contributed by atoms with Crippen LogP contribution in [0.2, 0.25) is 0 Å². The van der Waals surface area contributed by atoms with E-state index in [0.29, 0.717) is 6.42 Å². The Balaban J connectivity index is 2.51. The molecule has 0 heterocycles. The van der Waals surface area contributed by atoms with Crippen molar-refractivity contribution in [3.63, 3.8) is 0 Å². The van der Waals surface area contributed by atoms with Gasteiger partial charge in [-0.3, -0.25) is 0 Å². The fraction of sp³-hybridized carbons (Fsp3) is 0.300. The molecule has 0 saturated carbocycles. The fourth-order valence-corrected chi connectivity index (χ4v) is 1.07. The van der Waals surface area contributed by atoms with Crippen molar-refractivity contribution in [3.05, 3.63) is 29.8 Å². The topological polar surface area (TPSA) is 35.5 Å². The zero-order valence-corrected chi connectivity index (χ0v) is 8.08. The lowest BCUT2D eigenvalue weighted by Gasteiger charge is -2.08. The van der Waals surface area contributed by atoms with Crippen LogP contribution in [0.5, 0.6) is 5.75 Å². The predicted molar refractivity (Wildman–Crippen MR) is 48.5 cm³/mol. The third kappa shape index (κ3) is 4.68. The monoisotopic (exact) mass is 233 g/mol. The first-order valence-corrected chi connectivity index (χ1v) is 4.35. The van der Waals surface area contributed by atoms with Gasteiger partial charge < -0.3 is 9.47 Å². The summed E-state index contributed by atoms with van der Waals surface area (Å²) >= 11 is 0. The maximum absolute atomic E-state index is 11.8.